The van der Waals surface area contributed by atoms with Crippen molar-refractivity contribution in [2.45, 2.75) is 31.3 Å². The first kappa shape index (κ1) is 18.9. The Labute approximate surface area is 159 Å². The maximum Gasteiger partial charge on any atom is 0.429 e. The molecule has 3 aromatic rings. The van der Waals surface area contributed by atoms with E-state index in [1.165, 1.54) is 6.07 Å². The second-order valence-electron chi connectivity index (χ2n) is 7.09. The fraction of sp³-hybridized carbons (Fsp3) is 0.190. The summed E-state index contributed by atoms with van der Waals surface area (Å²) in [5.41, 5.74) is -0.608. The molecule has 0 aliphatic heterocycles. The highest BCUT2D eigenvalue weighted by Crippen LogP contribution is 2.28. The first-order chi connectivity index (χ1) is 12.7. The summed E-state index contributed by atoms with van der Waals surface area (Å²) in [6.07, 6.45) is -0.943. The fourth-order valence-corrected chi connectivity index (χ4v) is 4.00. The van der Waals surface area contributed by atoms with Gasteiger partial charge in [-0.2, -0.15) is 4.31 Å². The predicted molar refractivity (Wildman–Crippen MR) is 106 cm³/mol. The Hall–Kier alpha value is -2.86. The topological polar surface area (TPSA) is 63.7 Å². The van der Waals surface area contributed by atoms with E-state index in [9.17, 15) is 13.2 Å². The molecule has 140 valence electrons. The average molecular weight is 383 g/mol. The van der Waals surface area contributed by atoms with Crippen LogP contribution in [0.4, 0.5) is 10.5 Å². The number of carbonyl (C=O) groups is 1. The molecule has 3 aromatic carbocycles. The summed E-state index contributed by atoms with van der Waals surface area (Å²) in [5.74, 6) is 0. The zero-order chi connectivity index (χ0) is 19.7. The van der Waals surface area contributed by atoms with E-state index in [0.717, 1.165) is 10.8 Å². The van der Waals surface area contributed by atoms with Crippen LogP contribution in [0.2, 0.25) is 0 Å². The van der Waals surface area contributed by atoms with Gasteiger partial charge in [-0.15, -0.1) is 0 Å². The van der Waals surface area contributed by atoms with Gasteiger partial charge >= 0.3 is 6.09 Å². The third-order valence-corrected chi connectivity index (χ3v) is 5.50. The van der Waals surface area contributed by atoms with Crippen LogP contribution < -0.4 is 4.31 Å². The Balaban J connectivity index is 2.12. The lowest BCUT2D eigenvalue weighted by atomic mass is 10.1. The predicted octanol–water partition coefficient (Wildman–Crippen LogP) is 4.97. The average Bonchev–Trinajstić information content (AvgIpc) is 2.60. The quantitative estimate of drug-likeness (QED) is 0.640. The number of amides is 1. The van der Waals surface area contributed by atoms with Crippen LogP contribution in [-0.4, -0.2) is 20.1 Å². The van der Waals surface area contributed by atoms with Gasteiger partial charge in [-0.25, -0.2) is 13.2 Å². The van der Waals surface area contributed by atoms with Crippen molar-refractivity contribution in [3.05, 3.63) is 72.8 Å². The summed E-state index contributed by atoms with van der Waals surface area (Å²) in [6.45, 7) is 5.07. The third-order valence-electron chi connectivity index (χ3n) is 3.81. The summed E-state index contributed by atoms with van der Waals surface area (Å²) >= 11 is 0. The fourth-order valence-electron chi connectivity index (χ4n) is 2.64. The van der Waals surface area contributed by atoms with E-state index in [-0.39, 0.29) is 10.6 Å². The number of hydrogen-bond acceptors (Lipinski definition) is 4. The number of fused-ring (bicyclic) bond motifs is 1. The second-order valence-corrected chi connectivity index (χ2v) is 8.88. The molecule has 0 aliphatic rings. The van der Waals surface area contributed by atoms with E-state index in [4.69, 9.17) is 4.74 Å². The van der Waals surface area contributed by atoms with Crippen LogP contribution in [-0.2, 0) is 14.8 Å². The van der Waals surface area contributed by atoms with Crippen molar-refractivity contribution in [3.63, 3.8) is 0 Å². The van der Waals surface area contributed by atoms with Crippen LogP contribution in [0.25, 0.3) is 10.8 Å². The summed E-state index contributed by atoms with van der Waals surface area (Å²) in [6, 6.07) is 20.4. The number of carbonyl (C=O) groups excluding carboxylic acids is 1. The number of para-hydroxylation sites is 1. The van der Waals surface area contributed by atoms with Gasteiger partial charge in [0.2, 0.25) is 0 Å². The smallest absolute Gasteiger partial charge is 0.429 e. The number of hydrogen-bond donors (Lipinski definition) is 0. The monoisotopic (exact) mass is 383 g/mol. The molecule has 0 aliphatic carbocycles. The number of anilines is 1. The molecule has 0 aromatic heterocycles. The van der Waals surface area contributed by atoms with Crippen molar-refractivity contribution in [1.82, 2.24) is 0 Å². The first-order valence-electron chi connectivity index (χ1n) is 8.51. The van der Waals surface area contributed by atoms with Crippen molar-refractivity contribution < 1.29 is 17.9 Å². The zero-order valence-electron chi connectivity index (χ0n) is 15.4. The van der Waals surface area contributed by atoms with Gasteiger partial charge < -0.3 is 4.74 Å². The molecule has 5 nitrogen and oxygen atoms in total. The van der Waals surface area contributed by atoms with Gasteiger partial charge in [-0.1, -0.05) is 48.5 Å². The Kier molecular flexibility index (Phi) is 4.93. The molecule has 3 rings (SSSR count). The summed E-state index contributed by atoms with van der Waals surface area (Å²) < 4.78 is 32.7. The normalized spacial score (nSPS) is 12.0. The zero-order valence-corrected chi connectivity index (χ0v) is 16.2. The molecule has 0 N–H and O–H groups in total. The van der Waals surface area contributed by atoms with Crippen molar-refractivity contribution in [3.8, 4) is 0 Å². The van der Waals surface area contributed by atoms with Crippen LogP contribution in [0, 0.1) is 0 Å². The van der Waals surface area contributed by atoms with Gasteiger partial charge in [0, 0.05) is 0 Å². The van der Waals surface area contributed by atoms with Crippen LogP contribution in [0.15, 0.2) is 77.7 Å². The van der Waals surface area contributed by atoms with Crippen LogP contribution in [0.5, 0.6) is 0 Å². The van der Waals surface area contributed by atoms with Gasteiger partial charge in [0.05, 0.1) is 10.6 Å². The van der Waals surface area contributed by atoms with Crippen LogP contribution in [0.3, 0.4) is 0 Å². The number of nitrogens with zero attached hydrogens (tertiary/aromatic N) is 1. The minimum atomic E-state index is -4.16. The van der Waals surface area contributed by atoms with E-state index in [1.54, 1.807) is 63.2 Å². The highest BCUT2D eigenvalue weighted by molar-refractivity contribution is 7.93. The van der Waals surface area contributed by atoms with Gasteiger partial charge in [-0.05, 0) is 55.8 Å². The Bertz CT molecular complexity index is 1070. The summed E-state index contributed by atoms with van der Waals surface area (Å²) in [7, 11) is -4.16. The van der Waals surface area contributed by atoms with E-state index in [2.05, 4.69) is 0 Å². The number of rotatable bonds is 3. The number of benzene rings is 3. The Morgan fingerprint density at radius 2 is 1.44 bits per heavy atom. The van der Waals surface area contributed by atoms with E-state index < -0.39 is 21.7 Å². The van der Waals surface area contributed by atoms with Crippen molar-refractivity contribution >= 4 is 32.6 Å². The molecule has 0 saturated heterocycles. The molecule has 0 heterocycles. The van der Waals surface area contributed by atoms with Crippen molar-refractivity contribution in [2.24, 2.45) is 0 Å². The lowest BCUT2D eigenvalue weighted by molar-refractivity contribution is 0.0609. The molecule has 0 unspecified atom stereocenters. The van der Waals surface area contributed by atoms with E-state index in [0.29, 0.717) is 4.31 Å². The standard InChI is InChI=1S/C21H21NO4S/c1-21(2,3)26-20(23)22(18-11-5-4-6-12-18)27(24,25)19-14-13-16-9-7-8-10-17(16)15-19/h4-15H,1-3H3. The molecule has 0 spiro atoms. The minimum Gasteiger partial charge on any atom is -0.443 e. The molecule has 1 amide bonds. The molecule has 0 atom stereocenters. The van der Waals surface area contributed by atoms with Gasteiger partial charge in [0.15, 0.2) is 0 Å². The van der Waals surface area contributed by atoms with Gasteiger partial charge in [0.1, 0.15) is 5.60 Å². The molecule has 0 saturated carbocycles. The first-order valence-corrected chi connectivity index (χ1v) is 9.95. The maximum absolute atomic E-state index is 13.3. The summed E-state index contributed by atoms with van der Waals surface area (Å²) in [5, 5.41) is 1.69. The van der Waals surface area contributed by atoms with Gasteiger partial charge in [-0.3, -0.25) is 0 Å². The summed E-state index contributed by atoms with van der Waals surface area (Å²) in [4.78, 5) is 12.8. The number of sulfonamides is 1. The Morgan fingerprint density at radius 1 is 0.852 bits per heavy atom. The highest BCUT2D eigenvalue weighted by atomic mass is 32.2. The van der Waals surface area contributed by atoms with Crippen LogP contribution in [0.1, 0.15) is 20.8 Å². The molecule has 6 heteroatoms. The highest BCUT2D eigenvalue weighted by Gasteiger charge is 2.34. The molecule has 0 radical (unpaired) electrons. The number of ether oxygens (including phenoxy) is 1. The van der Waals surface area contributed by atoms with E-state index >= 15 is 0 Å². The largest absolute Gasteiger partial charge is 0.443 e. The molecule has 0 fully saturated rings. The van der Waals surface area contributed by atoms with E-state index in [1.807, 2.05) is 24.3 Å². The molecule has 0 bridgehead atoms. The molecule has 27 heavy (non-hydrogen) atoms. The Morgan fingerprint density at radius 3 is 2.07 bits per heavy atom. The lowest BCUT2D eigenvalue weighted by Crippen LogP contribution is -2.41. The molecular formula is C21H21NO4S. The minimum absolute atomic E-state index is 0.0240. The van der Waals surface area contributed by atoms with Crippen molar-refractivity contribution in [2.75, 3.05) is 4.31 Å². The third kappa shape index (κ3) is 4.11. The van der Waals surface area contributed by atoms with Crippen molar-refractivity contribution in [1.29, 1.82) is 0 Å². The molecular weight excluding hydrogens is 362 g/mol. The second kappa shape index (κ2) is 7.04. The lowest BCUT2D eigenvalue weighted by Gasteiger charge is -2.27. The SMILES string of the molecule is CC(C)(C)OC(=O)N(c1ccccc1)S(=O)(=O)c1ccc2ccccc2c1. The maximum atomic E-state index is 13.3. The van der Waals surface area contributed by atoms with Crippen LogP contribution >= 0.6 is 0 Å². The van der Waals surface area contributed by atoms with Gasteiger partial charge in [0.25, 0.3) is 10.0 Å².